The second-order valence-corrected chi connectivity index (χ2v) is 9.26. The summed E-state index contributed by atoms with van der Waals surface area (Å²) in [6.45, 7) is 1.79. The van der Waals surface area contributed by atoms with Crippen LogP contribution in [-0.2, 0) is 14.6 Å². The number of nitrogens with zero attached hydrogens (tertiary/aromatic N) is 2. The zero-order valence-electron chi connectivity index (χ0n) is 15.7. The van der Waals surface area contributed by atoms with E-state index in [-0.39, 0.29) is 19.9 Å². The van der Waals surface area contributed by atoms with Crippen molar-refractivity contribution in [2.75, 3.05) is 5.32 Å². The molecular formula is C19H17N3O6S2. The standard InChI is InChI=1S/C19H17N3O6S2/c1-2-16(28-14-6-4-3-5-7-14)18(23)21-19-20-12-17(29-19)30(26,27)15-10-8-13(9-11-15)22(24)25/h3-12,16H,2H2,1H3,(H,20,21,23)/t16-/m1/s1. The summed E-state index contributed by atoms with van der Waals surface area (Å²) in [5, 5.41) is 13.4. The van der Waals surface area contributed by atoms with E-state index >= 15 is 0 Å². The van der Waals surface area contributed by atoms with Gasteiger partial charge in [0.05, 0.1) is 16.0 Å². The molecule has 1 aromatic heterocycles. The Morgan fingerprint density at radius 1 is 1.20 bits per heavy atom. The maximum atomic E-state index is 12.7. The lowest BCUT2D eigenvalue weighted by Crippen LogP contribution is -2.32. The molecule has 11 heteroatoms. The van der Waals surface area contributed by atoms with Crippen LogP contribution in [0.4, 0.5) is 10.8 Å². The fourth-order valence-corrected chi connectivity index (χ4v) is 4.91. The minimum atomic E-state index is -3.92. The smallest absolute Gasteiger partial charge is 0.269 e. The highest BCUT2D eigenvalue weighted by Crippen LogP contribution is 2.29. The quantitative estimate of drug-likeness (QED) is 0.412. The summed E-state index contributed by atoms with van der Waals surface area (Å²) in [6.07, 6.45) is 0.766. The molecule has 0 radical (unpaired) electrons. The fraction of sp³-hybridized carbons (Fsp3) is 0.158. The van der Waals surface area contributed by atoms with E-state index in [1.54, 1.807) is 31.2 Å². The van der Waals surface area contributed by atoms with Gasteiger partial charge in [-0.2, -0.15) is 0 Å². The van der Waals surface area contributed by atoms with E-state index in [1.807, 2.05) is 6.07 Å². The van der Waals surface area contributed by atoms with Gasteiger partial charge in [0.25, 0.3) is 11.6 Å². The van der Waals surface area contributed by atoms with E-state index in [2.05, 4.69) is 10.3 Å². The van der Waals surface area contributed by atoms with Crippen molar-refractivity contribution in [3.8, 4) is 5.75 Å². The van der Waals surface area contributed by atoms with Crippen LogP contribution in [0.15, 0.2) is 69.9 Å². The molecule has 0 aliphatic carbocycles. The van der Waals surface area contributed by atoms with Crippen LogP contribution in [0.2, 0.25) is 0 Å². The van der Waals surface area contributed by atoms with Crippen molar-refractivity contribution in [3.05, 3.63) is 70.9 Å². The molecule has 0 fully saturated rings. The lowest BCUT2D eigenvalue weighted by molar-refractivity contribution is -0.384. The summed E-state index contributed by atoms with van der Waals surface area (Å²) < 4.78 is 31.0. The van der Waals surface area contributed by atoms with Gasteiger partial charge >= 0.3 is 0 Å². The first kappa shape index (κ1) is 21.4. The third kappa shape index (κ3) is 4.81. The van der Waals surface area contributed by atoms with Crippen LogP contribution in [0.5, 0.6) is 5.75 Å². The van der Waals surface area contributed by atoms with E-state index in [9.17, 15) is 23.3 Å². The number of nitro groups is 1. The molecule has 156 valence electrons. The molecule has 1 N–H and O–H groups in total. The first-order valence-corrected chi connectivity index (χ1v) is 11.1. The number of carbonyl (C=O) groups is 1. The van der Waals surface area contributed by atoms with Crippen molar-refractivity contribution in [2.45, 2.75) is 28.6 Å². The van der Waals surface area contributed by atoms with Crippen molar-refractivity contribution in [3.63, 3.8) is 0 Å². The Hall–Kier alpha value is -3.31. The number of nitrogens with one attached hydrogen (secondary N) is 1. The number of non-ortho nitro benzene ring substituents is 1. The van der Waals surface area contributed by atoms with E-state index in [4.69, 9.17) is 4.74 Å². The Bertz CT molecular complexity index is 1140. The van der Waals surface area contributed by atoms with E-state index in [1.165, 1.54) is 0 Å². The number of thiazole rings is 1. The Morgan fingerprint density at radius 3 is 2.47 bits per heavy atom. The lowest BCUT2D eigenvalue weighted by Gasteiger charge is -2.16. The van der Waals surface area contributed by atoms with Gasteiger partial charge in [-0.3, -0.25) is 20.2 Å². The van der Waals surface area contributed by atoms with Crippen LogP contribution in [0.25, 0.3) is 0 Å². The molecule has 0 unspecified atom stereocenters. The number of hydrogen-bond donors (Lipinski definition) is 1. The molecule has 3 aromatic rings. The van der Waals surface area contributed by atoms with Gasteiger partial charge in [0.1, 0.15) is 9.96 Å². The van der Waals surface area contributed by atoms with E-state index < -0.39 is 26.8 Å². The highest BCUT2D eigenvalue weighted by atomic mass is 32.2. The third-order valence-electron chi connectivity index (χ3n) is 4.02. The van der Waals surface area contributed by atoms with Gasteiger partial charge in [-0.25, -0.2) is 13.4 Å². The minimum absolute atomic E-state index is 0.0938. The average Bonchev–Trinajstić information content (AvgIpc) is 3.22. The Labute approximate surface area is 176 Å². The third-order valence-corrected chi connectivity index (χ3v) is 7.17. The van der Waals surface area contributed by atoms with Crippen molar-refractivity contribution >= 4 is 37.9 Å². The summed E-state index contributed by atoms with van der Waals surface area (Å²) in [5.74, 6) is 0.0927. The SMILES string of the molecule is CC[C@@H](Oc1ccccc1)C(=O)Nc1ncc(S(=O)(=O)c2ccc([N+](=O)[O-])cc2)s1. The van der Waals surface area contributed by atoms with Crippen molar-refractivity contribution in [1.29, 1.82) is 0 Å². The molecular weight excluding hydrogens is 430 g/mol. The number of para-hydroxylation sites is 1. The van der Waals surface area contributed by atoms with Gasteiger partial charge in [-0.05, 0) is 30.7 Å². The number of nitro benzene ring substituents is 1. The zero-order chi connectivity index (χ0) is 21.7. The Balaban J connectivity index is 1.73. The van der Waals surface area contributed by atoms with E-state index in [0.717, 1.165) is 41.8 Å². The molecule has 1 atom stereocenters. The van der Waals surface area contributed by atoms with E-state index in [0.29, 0.717) is 12.2 Å². The van der Waals surface area contributed by atoms with Crippen LogP contribution < -0.4 is 10.1 Å². The number of rotatable bonds is 8. The van der Waals surface area contributed by atoms with Crippen LogP contribution in [-0.4, -0.2) is 30.3 Å². The highest BCUT2D eigenvalue weighted by Gasteiger charge is 2.24. The van der Waals surface area contributed by atoms with Gasteiger partial charge in [0.15, 0.2) is 11.2 Å². The first-order valence-electron chi connectivity index (χ1n) is 8.79. The molecule has 3 rings (SSSR count). The first-order chi connectivity index (χ1) is 14.3. The molecule has 0 aliphatic heterocycles. The average molecular weight is 447 g/mol. The summed E-state index contributed by atoms with van der Waals surface area (Å²) >= 11 is 0.787. The summed E-state index contributed by atoms with van der Waals surface area (Å²) in [4.78, 5) is 26.5. The molecule has 0 bridgehead atoms. The zero-order valence-corrected chi connectivity index (χ0v) is 17.4. The Kier molecular flexibility index (Phi) is 6.43. The lowest BCUT2D eigenvalue weighted by atomic mass is 10.2. The number of amides is 1. The van der Waals surface area contributed by atoms with Crippen LogP contribution in [0.1, 0.15) is 13.3 Å². The van der Waals surface area contributed by atoms with Crippen molar-refractivity contribution in [1.82, 2.24) is 4.98 Å². The maximum absolute atomic E-state index is 12.7. The van der Waals surface area contributed by atoms with Crippen molar-refractivity contribution in [2.24, 2.45) is 0 Å². The highest BCUT2D eigenvalue weighted by molar-refractivity contribution is 7.93. The van der Waals surface area contributed by atoms with Gasteiger partial charge < -0.3 is 4.74 Å². The van der Waals surface area contributed by atoms with Gasteiger partial charge in [-0.1, -0.05) is 36.5 Å². The predicted molar refractivity (Wildman–Crippen MR) is 110 cm³/mol. The molecule has 30 heavy (non-hydrogen) atoms. The number of hydrogen-bond acceptors (Lipinski definition) is 8. The molecule has 0 saturated heterocycles. The van der Waals surface area contributed by atoms with Crippen molar-refractivity contribution < 1.29 is 22.9 Å². The molecule has 2 aromatic carbocycles. The van der Waals surface area contributed by atoms with Gasteiger partial charge in [-0.15, -0.1) is 0 Å². The fourth-order valence-electron chi connectivity index (χ4n) is 2.48. The Morgan fingerprint density at radius 2 is 1.87 bits per heavy atom. The second kappa shape index (κ2) is 9.01. The number of sulfone groups is 1. The molecule has 1 heterocycles. The normalized spacial score (nSPS) is 12.2. The topological polar surface area (TPSA) is 128 Å². The number of ether oxygens (including phenoxy) is 1. The summed E-state index contributed by atoms with van der Waals surface area (Å²) in [6, 6.07) is 13.4. The number of benzene rings is 2. The van der Waals surface area contributed by atoms with Gasteiger partial charge in [0.2, 0.25) is 9.84 Å². The summed E-state index contributed by atoms with van der Waals surface area (Å²) in [7, 11) is -3.92. The predicted octanol–water partition coefficient (Wildman–Crippen LogP) is 3.68. The largest absolute Gasteiger partial charge is 0.481 e. The molecule has 0 aliphatic rings. The minimum Gasteiger partial charge on any atom is -0.481 e. The summed E-state index contributed by atoms with van der Waals surface area (Å²) in [5.41, 5.74) is -0.213. The maximum Gasteiger partial charge on any atom is 0.269 e. The number of carbonyl (C=O) groups excluding carboxylic acids is 1. The van der Waals surface area contributed by atoms with Gasteiger partial charge in [0, 0.05) is 12.1 Å². The monoisotopic (exact) mass is 447 g/mol. The van der Waals surface area contributed by atoms with Crippen LogP contribution >= 0.6 is 11.3 Å². The number of anilines is 1. The molecule has 0 spiro atoms. The van der Waals surface area contributed by atoms with Crippen LogP contribution in [0, 0.1) is 10.1 Å². The second-order valence-electron chi connectivity index (χ2n) is 6.06. The number of aromatic nitrogens is 1. The molecule has 9 nitrogen and oxygen atoms in total. The molecule has 1 amide bonds. The van der Waals surface area contributed by atoms with Crippen LogP contribution in [0.3, 0.4) is 0 Å². The molecule has 0 saturated carbocycles.